The summed E-state index contributed by atoms with van der Waals surface area (Å²) in [5.74, 6) is 1.84. The first-order valence-electron chi connectivity index (χ1n) is 5.78. The van der Waals surface area contributed by atoms with Crippen molar-refractivity contribution in [2.75, 3.05) is 19.9 Å². The molecule has 3 nitrogen and oxygen atoms in total. The van der Waals surface area contributed by atoms with Crippen LogP contribution in [0.25, 0.3) is 0 Å². The summed E-state index contributed by atoms with van der Waals surface area (Å²) in [6, 6.07) is 7.71. The Morgan fingerprint density at radius 1 is 1.41 bits per heavy atom. The van der Waals surface area contributed by atoms with Gasteiger partial charge >= 0.3 is 0 Å². The third-order valence-electron chi connectivity index (χ3n) is 2.81. The molecule has 0 aliphatic carbocycles. The Balaban J connectivity index is 2.75. The molecular weight excluding hydrogens is 234 g/mol. The third kappa shape index (κ3) is 4.13. The SMILES string of the molecule is CNC(CS(=O)c1cccc(OC)c1)C(C)C. The van der Waals surface area contributed by atoms with Gasteiger partial charge in [0.05, 0.1) is 17.9 Å². The van der Waals surface area contributed by atoms with E-state index >= 15 is 0 Å². The first-order valence-corrected chi connectivity index (χ1v) is 7.10. The molecule has 0 fully saturated rings. The van der Waals surface area contributed by atoms with E-state index in [-0.39, 0.29) is 6.04 Å². The molecule has 0 aliphatic heterocycles. The van der Waals surface area contributed by atoms with Gasteiger partial charge in [0.15, 0.2) is 0 Å². The van der Waals surface area contributed by atoms with Crippen molar-refractivity contribution in [1.82, 2.24) is 5.32 Å². The predicted molar refractivity (Wildman–Crippen MR) is 72.0 cm³/mol. The average Bonchev–Trinajstić information content (AvgIpc) is 2.35. The van der Waals surface area contributed by atoms with Crippen molar-refractivity contribution in [3.63, 3.8) is 0 Å². The molecule has 17 heavy (non-hydrogen) atoms. The minimum Gasteiger partial charge on any atom is -0.497 e. The van der Waals surface area contributed by atoms with E-state index in [1.54, 1.807) is 7.11 Å². The summed E-state index contributed by atoms with van der Waals surface area (Å²) in [5.41, 5.74) is 0. The summed E-state index contributed by atoms with van der Waals surface area (Å²) in [6.07, 6.45) is 0. The van der Waals surface area contributed by atoms with E-state index < -0.39 is 10.8 Å². The minimum atomic E-state index is -0.988. The van der Waals surface area contributed by atoms with Gasteiger partial charge in [0, 0.05) is 16.7 Å². The van der Waals surface area contributed by atoms with E-state index in [0.717, 1.165) is 10.6 Å². The van der Waals surface area contributed by atoms with Crippen LogP contribution >= 0.6 is 0 Å². The second kappa shape index (κ2) is 6.77. The predicted octanol–water partition coefficient (Wildman–Crippen LogP) is 2.05. The van der Waals surface area contributed by atoms with Gasteiger partial charge in [0.2, 0.25) is 0 Å². The van der Waals surface area contributed by atoms with Gasteiger partial charge in [-0.05, 0) is 31.2 Å². The van der Waals surface area contributed by atoms with Crippen LogP contribution in [0.15, 0.2) is 29.2 Å². The second-order valence-electron chi connectivity index (χ2n) is 4.33. The second-order valence-corrected chi connectivity index (χ2v) is 5.83. The number of methoxy groups -OCH3 is 1. The summed E-state index contributed by atoms with van der Waals surface area (Å²) in [4.78, 5) is 0.824. The Morgan fingerprint density at radius 3 is 2.65 bits per heavy atom. The molecule has 0 aromatic heterocycles. The van der Waals surface area contributed by atoms with Crippen molar-refractivity contribution in [2.45, 2.75) is 24.8 Å². The van der Waals surface area contributed by atoms with Gasteiger partial charge in [-0.3, -0.25) is 4.21 Å². The van der Waals surface area contributed by atoms with Gasteiger partial charge in [-0.25, -0.2) is 0 Å². The summed E-state index contributed by atoms with van der Waals surface area (Å²) < 4.78 is 17.3. The molecule has 96 valence electrons. The van der Waals surface area contributed by atoms with Crippen LogP contribution in [0.2, 0.25) is 0 Å². The fourth-order valence-electron chi connectivity index (χ4n) is 1.61. The van der Waals surface area contributed by atoms with Crippen molar-refractivity contribution < 1.29 is 8.95 Å². The van der Waals surface area contributed by atoms with Gasteiger partial charge in [0.25, 0.3) is 0 Å². The van der Waals surface area contributed by atoms with Crippen LogP contribution in [0.5, 0.6) is 5.75 Å². The van der Waals surface area contributed by atoms with Crippen molar-refractivity contribution in [2.24, 2.45) is 5.92 Å². The summed E-state index contributed by atoms with van der Waals surface area (Å²) in [7, 11) is 2.54. The highest BCUT2D eigenvalue weighted by atomic mass is 32.2. The Labute approximate surface area is 106 Å². The van der Waals surface area contributed by atoms with Crippen molar-refractivity contribution in [1.29, 1.82) is 0 Å². The first kappa shape index (κ1) is 14.2. The molecule has 0 saturated carbocycles. The van der Waals surface area contributed by atoms with Crippen molar-refractivity contribution >= 4 is 10.8 Å². The smallest absolute Gasteiger partial charge is 0.120 e. The highest BCUT2D eigenvalue weighted by Gasteiger charge is 2.15. The van der Waals surface area contributed by atoms with Crippen molar-refractivity contribution in [3.8, 4) is 5.75 Å². The molecule has 0 saturated heterocycles. The van der Waals surface area contributed by atoms with Gasteiger partial charge in [-0.1, -0.05) is 19.9 Å². The fourth-order valence-corrected chi connectivity index (χ4v) is 3.16. The van der Waals surface area contributed by atoms with Crippen LogP contribution in [-0.2, 0) is 10.8 Å². The minimum absolute atomic E-state index is 0.266. The normalized spacial score (nSPS) is 14.6. The van der Waals surface area contributed by atoms with Gasteiger partial charge < -0.3 is 10.1 Å². The van der Waals surface area contributed by atoms with Crippen LogP contribution in [0, 0.1) is 5.92 Å². The van der Waals surface area contributed by atoms with E-state index in [9.17, 15) is 4.21 Å². The van der Waals surface area contributed by atoms with E-state index in [2.05, 4.69) is 19.2 Å². The van der Waals surface area contributed by atoms with Crippen LogP contribution in [0.4, 0.5) is 0 Å². The lowest BCUT2D eigenvalue weighted by atomic mass is 10.1. The quantitative estimate of drug-likeness (QED) is 0.845. The molecule has 1 aromatic rings. The largest absolute Gasteiger partial charge is 0.497 e. The molecule has 1 aromatic carbocycles. The summed E-state index contributed by atoms with van der Waals surface area (Å²) in [6.45, 7) is 4.26. The molecule has 0 heterocycles. The molecule has 2 atom stereocenters. The van der Waals surface area contributed by atoms with E-state index in [4.69, 9.17) is 4.74 Å². The van der Waals surface area contributed by atoms with Crippen molar-refractivity contribution in [3.05, 3.63) is 24.3 Å². The standard InChI is InChI=1S/C13H21NO2S/c1-10(2)13(14-3)9-17(15)12-7-5-6-11(8-12)16-4/h5-8,10,13-14H,9H2,1-4H3. The van der Waals surface area contributed by atoms with E-state index in [0.29, 0.717) is 11.7 Å². The molecule has 1 N–H and O–H groups in total. The lowest BCUT2D eigenvalue weighted by Gasteiger charge is -2.19. The molecule has 0 radical (unpaired) electrons. The Hall–Kier alpha value is -0.870. The Bertz CT molecular complexity index is 379. The number of hydrogen-bond donors (Lipinski definition) is 1. The molecule has 0 bridgehead atoms. The zero-order chi connectivity index (χ0) is 12.8. The molecule has 1 rings (SSSR count). The van der Waals surface area contributed by atoms with E-state index in [1.807, 2.05) is 31.3 Å². The monoisotopic (exact) mass is 255 g/mol. The number of benzene rings is 1. The van der Waals surface area contributed by atoms with Gasteiger partial charge in [0.1, 0.15) is 5.75 Å². The molecule has 2 unspecified atom stereocenters. The van der Waals surface area contributed by atoms with E-state index in [1.165, 1.54) is 0 Å². The average molecular weight is 255 g/mol. The highest BCUT2D eigenvalue weighted by molar-refractivity contribution is 7.85. The first-order chi connectivity index (χ1) is 8.08. The lowest BCUT2D eigenvalue weighted by Crippen LogP contribution is -2.35. The Morgan fingerprint density at radius 2 is 2.12 bits per heavy atom. The lowest BCUT2D eigenvalue weighted by molar-refractivity contribution is 0.413. The fraction of sp³-hybridized carbons (Fsp3) is 0.538. The molecule has 0 spiro atoms. The van der Waals surface area contributed by atoms with Gasteiger partial charge in [-0.2, -0.15) is 0 Å². The summed E-state index contributed by atoms with van der Waals surface area (Å²) in [5, 5.41) is 3.21. The highest BCUT2D eigenvalue weighted by Crippen LogP contribution is 2.17. The Kier molecular flexibility index (Phi) is 5.65. The zero-order valence-electron chi connectivity index (χ0n) is 10.9. The van der Waals surface area contributed by atoms with Crippen LogP contribution < -0.4 is 10.1 Å². The maximum absolute atomic E-state index is 12.2. The van der Waals surface area contributed by atoms with Gasteiger partial charge in [-0.15, -0.1) is 0 Å². The summed E-state index contributed by atoms with van der Waals surface area (Å²) >= 11 is 0. The number of nitrogens with one attached hydrogen (secondary N) is 1. The maximum Gasteiger partial charge on any atom is 0.120 e. The third-order valence-corrected chi connectivity index (χ3v) is 4.25. The molecule has 4 heteroatoms. The number of ether oxygens (including phenoxy) is 1. The number of rotatable bonds is 6. The molecular formula is C13H21NO2S. The zero-order valence-corrected chi connectivity index (χ0v) is 11.7. The van der Waals surface area contributed by atoms with Crippen LogP contribution in [0.3, 0.4) is 0 Å². The molecule has 0 amide bonds. The van der Waals surface area contributed by atoms with Crippen LogP contribution in [0.1, 0.15) is 13.8 Å². The topological polar surface area (TPSA) is 38.3 Å². The van der Waals surface area contributed by atoms with Crippen LogP contribution in [-0.4, -0.2) is 30.2 Å². The molecule has 0 aliphatic rings. The number of hydrogen-bond acceptors (Lipinski definition) is 3. The maximum atomic E-state index is 12.2.